The Morgan fingerprint density at radius 1 is 1.38 bits per heavy atom. The van der Waals surface area contributed by atoms with Crippen molar-refractivity contribution in [2.24, 2.45) is 0 Å². The Labute approximate surface area is 75.3 Å². The van der Waals surface area contributed by atoms with Gasteiger partial charge in [0, 0.05) is 12.0 Å². The molecule has 0 rings (SSSR count). The highest BCUT2D eigenvalue weighted by molar-refractivity contribution is 5.89. The molecule has 0 heterocycles. The Morgan fingerprint density at radius 3 is 2.31 bits per heavy atom. The van der Waals surface area contributed by atoms with Crippen LogP contribution in [-0.4, -0.2) is 32.3 Å². The fourth-order valence-electron chi connectivity index (χ4n) is 0.655. The first-order chi connectivity index (χ1) is 6.02. The average molecular weight is 190 g/mol. The molecule has 0 aliphatic rings. The van der Waals surface area contributed by atoms with Gasteiger partial charge in [-0.05, 0) is 0 Å². The van der Waals surface area contributed by atoms with E-state index in [2.05, 4.69) is 16.1 Å². The first-order valence-electron chi connectivity index (χ1n) is 3.51. The molecule has 0 aromatic rings. The third-order valence-electron chi connectivity index (χ3n) is 1.36. The Bertz CT molecular complexity index is 224. The zero-order valence-electron chi connectivity index (χ0n) is 7.50. The summed E-state index contributed by atoms with van der Waals surface area (Å²) in [6, 6.07) is 0. The molecule has 1 atom stereocenters. The van der Waals surface area contributed by atoms with Gasteiger partial charge in [0.1, 0.15) is 0 Å². The van der Waals surface area contributed by atoms with Crippen LogP contribution in [0.25, 0.3) is 0 Å². The molecule has 0 spiro atoms. The van der Waals surface area contributed by atoms with Gasteiger partial charge in [-0.25, -0.2) is 14.0 Å². The smallest absolute Gasteiger partial charge is 0.340 e. The Kier molecular flexibility index (Phi) is 4.72. The molecule has 5 heteroatoms. The van der Waals surface area contributed by atoms with Gasteiger partial charge in [0.15, 0.2) is 0 Å². The summed E-state index contributed by atoms with van der Waals surface area (Å²) in [5.74, 6) is -1.75. The van der Waals surface area contributed by atoms with Crippen LogP contribution in [0.3, 0.4) is 0 Å². The molecule has 0 aromatic carbocycles. The molecule has 0 aliphatic heterocycles. The maximum Gasteiger partial charge on any atom is 0.340 e. The van der Waals surface area contributed by atoms with Crippen molar-refractivity contribution in [1.29, 1.82) is 0 Å². The van der Waals surface area contributed by atoms with Gasteiger partial charge in [-0.2, -0.15) is 0 Å². The number of halogens is 1. The van der Waals surface area contributed by atoms with Crippen LogP contribution in [0.5, 0.6) is 0 Å². The van der Waals surface area contributed by atoms with E-state index in [0.717, 1.165) is 14.2 Å². The van der Waals surface area contributed by atoms with Crippen LogP contribution < -0.4 is 0 Å². The van der Waals surface area contributed by atoms with E-state index in [0.29, 0.717) is 0 Å². The van der Waals surface area contributed by atoms with Gasteiger partial charge in [-0.15, -0.1) is 0 Å². The lowest BCUT2D eigenvalue weighted by atomic mass is 10.1. The second-order valence-corrected chi connectivity index (χ2v) is 2.29. The third kappa shape index (κ3) is 3.68. The molecule has 13 heavy (non-hydrogen) atoms. The van der Waals surface area contributed by atoms with Crippen LogP contribution in [0.15, 0.2) is 12.2 Å². The summed E-state index contributed by atoms with van der Waals surface area (Å²) in [5.41, 5.74) is -0.0969. The summed E-state index contributed by atoms with van der Waals surface area (Å²) in [5, 5.41) is 0. The van der Waals surface area contributed by atoms with Crippen molar-refractivity contribution in [2.75, 3.05) is 14.2 Å². The van der Waals surface area contributed by atoms with Gasteiger partial charge < -0.3 is 9.47 Å². The monoisotopic (exact) mass is 190 g/mol. The SMILES string of the molecule is C=C(C[C@H](F)C(=O)OC)C(=O)OC. The molecule has 0 N–H and O–H groups in total. The van der Waals surface area contributed by atoms with Crippen molar-refractivity contribution < 1.29 is 23.5 Å². The number of alkyl halides is 1. The summed E-state index contributed by atoms with van der Waals surface area (Å²) in [7, 11) is 2.22. The number of rotatable bonds is 4. The number of methoxy groups -OCH3 is 2. The summed E-state index contributed by atoms with van der Waals surface area (Å²) >= 11 is 0. The standard InChI is InChI=1S/C8H11FO4/c1-5(7(10)12-2)4-6(9)8(11)13-3/h6H,1,4H2,2-3H3/t6-/m0/s1. The molecule has 0 unspecified atom stereocenters. The minimum atomic E-state index is -1.86. The van der Waals surface area contributed by atoms with E-state index in [9.17, 15) is 14.0 Å². The van der Waals surface area contributed by atoms with Gasteiger partial charge in [-0.1, -0.05) is 6.58 Å². The summed E-state index contributed by atoms with van der Waals surface area (Å²) in [6.45, 7) is 3.26. The minimum absolute atomic E-state index is 0.0969. The topological polar surface area (TPSA) is 52.6 Å². The van der Waals surface area contributed by atoms with Crippen LogP contribution in [0.2, 0.25) is 0 Å². The van der Waals surface area contributed by atoms with Crippen LogP contribution in [0.1, 0.15) is 6.42 Å². The molecule has 74 valence electrons. The van der Waals surface area contributed by atoms with E-state index in [1.165, 1.54) is 0 Å². The van der Waals surface area contributed by atoms with E-state index in [1.54, 1.807) is 0 Å². The van der Waals surface area contributed by atoms with Crippen LogP contribution in [0, 0.1) is 0 Å². The zero-order chi connectivity index (χ0) is 10.4. The molecule has 0 fully saturated rings. The van der Waals surface area contributed by atoms with E-state index < -0.39 is 24.5 Å². The lowest BCUT2D eigenvalue weighted by Crippen LogP contribution is -2.20. The maximum absolute atomic E-state index is 12.8. The highest BCUT2D eigenvalue weighted by Crippen LogP contribution is 2.09. The lowest BCUT2D eigenvalue weighted by Gasteiger charge is -2.06. The molecule has 0 aliphatic carbocycles. The zero-order valence-corrected chi connectivity index (χ0v) is 7.50. The summed E-state index contributed by atoms with van der Waals surface area (Å²) < 4.78 is 21.2. The molecule has 4 nitrogen and oxygen atoms in total. The normalized spacial score (nSPS) is 11.6. The van der Waals surface area contributed by atoms with E-state index in [-0.39, 0.29) is 5.57 Å². The Balaban J connectivity index is 4.06. The van der Waals surface area contributed by atoms with Crippen molar-refractivity contribution in [3.63, 3.8) is 0 Å². The number of hydrogen-bond donors (Lipinski definition) is 0. The van der Waals surface area contributed by atoms with Crippen molar-refractivity contribution in [3.8, 4) is 0 Å². The van der Waals surface area contributed by atoms with Crippen LogP contribution in [-0.2, 0) is 19.1 Å². The van der Waals surface area contributed by atoms with Crippen molar-refractivity contribution in [2.45, 2.75) is 12.6 Å². The number of esters is 2. The van der Waals surface area contributed by atoms with Gasteiger partial charge in [0.25, 0.3) is 0 Å². The molecular weight excluding hydrogens is 179 g/mol. The molecule has 0 saturated heterocycles. The second-order valence-electron chi connectivity index (χ2n) is 2.29. The predicted molar refractivity (Wildman–Crippen MR) is 42.7 cm³/mol. The highest BCUT2D eigenvalue weighted by atomic mass is 19.1. The predicted octanol–water partition coefficient (Wildman–Crippen LogP) is 0.617. The summed E-state index contributed by atoms with van der Waals surface area (Å²) in [6.07, 6.45) is -2.27. The van der Waals surface area contributed by atoms with Crippen LogP contribution in [0.4, 0.5) is 4.39 Å². The minimum Gasteiger partial charge on any atom is -0.467 e. The third-order valence-corrected chi connectivity index (χ3v) is 1.36. The molecule has 0 saturated carbocycles. The van der Waals surface area contributed by atoms with E-state index in [1.807, 2.05) is 0 Å². The maximum atomic E-state index is 12.8. The number of carbonyl (C=O) groups is 2. The van der Waals surface area contributed by atoms with Gasteiger partial charge in [-0.3, -0.25) is 0 Å². The Hall–Kier alpha value is -1.39. The van der Waals surface area contributed by atoms with Gasteiger partial charge >= 0.3 is 11.9 Å². The first kappa shape index (κ1) is 11.6. The van der Waals surface area contributed by atoms with Crippen molar-refractivity contribution in [3.05, 3.63) is 12.2 Å². The number of hydrogen-bond acceptors (Lipinski definition) is 4. The molecule has 0 amide bonds. The molecule has 0 aromatic heterocycles. The van der Waals surface area contributed by atoms with Crippen molar-refractivity contribution in [1.82, 2.24) is 0 Å². The van der Waals surface area contributed by atoms with Gasteiger partial charge in [0.2, 0.25) is 6.17 Å². The second kappa shape index (κ2) is 5.29. The van der Waals surface area contributed by atoms with Gasteiger partial charge in [0.05, 0.1) is 14.2 Å². The largest absolute Gasteiger partial charge is 0.467 e. The van der Waals surface area contributed by atoms with E-state index in [4.69, 9.17) is 0 Å². The van der Waals surface area contributed by atoms with Crippen molar-refractivity contribution >= 4 is 11.9 Å². The molecule has 0 bridgehead atoms. The summed E-state index contributed by atoms with van der Waals surface area (Å²) in [4.78, 5) is 21.3. The average Bonchev–Trinajstić information content (AvgIpc) is 2.14. The van der Waals surface area contributed by atoms with Crippen LogP contribution >= 0.6 is 0 Å². The molecular formula is C8H11FO4. The highest BCUT2D eigenvalue weighted by Gasteiger charge is 2.21. The number of ether oxygens (including phenoxy) is 2. The first-order valence-corrected chi connectivity index (χ1v) is 3.51. The number of carbonyl (C=O) groups excluding carboxylic acids is 2. The van der Waals surface area contributed by atoms with E-state index >= 15 is 0 Å². The molecule has 0 radical (unpaired) electrons. The quantitative estimate of drug-likeness (QED) is 0.481. The fourth-order valence-corrected chi connectivity index (χ4v) is 0.655. The Morgan fingerprint density at radius 2 is 1.92 bits per heavy atom. The fraction of sp³-hybridized carbons (Fsp3) is 0.500. The lowest BCUT2D eigenvalue weighted by molar-refractivity contribution is -0.146.